The number of amides is 1. The van der Waals surface area contributed by atoms with Crippen molar-refractivity contribution in [1.29, 1.82) is 5.26 Å². The second kappa shape index (κ2) is 7.66. The predicted octanol–water partition coefficient (Wildman–Crippen LogP) is 0.915. The number of nitrogen functional groups attached to an aromatic ring is 1. The Bertz CT molecular complexity index is 619. The average molecular weight is 327 g/mol. The van der Waals surface area contributed by atoms with Gasteiger partial charge in [0.2, 0.25) is 5.91 Å². The summed E-state index contributed by atoms with van der Waals surface area (Å²) < 4.78 is 5.12. The lowest BCUT2D eigenvalue weighted by molar-refractivity contribution is -0.141. The normalized spacial score (nSPS) is 9.90. The van der Waals surface area contributed by atoms with Gasteiger partial charge in [0.15, 0.2) is 5.78 Å². The molecular weight excluding hydrogens is 314 g/mol. The molecule has 0 aliphatic rings. The van der Waals surface area contributed by atoms with E-state index in [0.29, 0.717) is 4.21 Å². The van der Waals surface area contributed by atoms with Crippen LogP contribution in [0.1, 0.15) is 28.6 Å². The highest BCUT2D eigenvalue weighted by Crippen LogP contribution is 2.38. The van der Waals surface area contributed by atoms with Gasteiger partial charge in [-0.05, 0) is 6.92 Å². The zero-order chi connectivity index (χ0) is 16.0. The standard InChI is InChI=1S/C12H13N3O4S2/c1-2-19-9(18)3-7(16)11-10(15)6(4-13)12(21-11)20-5-8(14)17/h2-3,5,15H2,1H3,(H2,14,17). The van der Waals surface area contributed by atoms with E-state index in [1.165, 1.54) is 0 Å². The van der Waals surface area contributed by atoms with Crippen LogP contribution in [0.25, 0.3) is 0 Å². The average Bonchev–Trinajstić information content (AvgIpc) is 2.72. The second-order valence-electron chi connectivity index (χ2n) is 3.78. The number of thiophene rings is 1. The van der Waals surface area contributed by atoms with Crippen LogP contribution in [0, 0.1) is 11.3 Å². The summed E-state index contributed by atoms with van der Waals surface area (Å²) in [6, 6.07) is 1.89. The number of hydrogen-bond donors (Lipinski definition) is 2. The van der Waals surface area contributed by atoms with Crippen molar-refractivity contribution in [2.45, 2.75) is 17.6 Å². The number of ether oxygens (including phenoxy) is 1. The fourth-order valence-corrected chi connectivity index (χ4v) is 3.47. The van der Waals surface area contributed by atoms with Gasteiger partial charge in [0.05, 0.1) is 27.1 Å². The molecule has 0 unspecified atom stereocenters. The van der Waals surface area contributed by atoms with Crippen LogP contribution >= 0.6 is 23.1 Å². The summed E-state index contributed by atoms with van der Waals surface area (Å²) in [5, 5.41) is 9.07. The molecule has 0 aliphatic carbocycles. The molecule has 1 aromatic heterocycles. The van der Waals surface area contributed by atoms with Crippen molar-refractivity contribution in [2.75, 3.05) is 18.1 Å². The molecule has 0 atom stereocenters. The molecule has 0 fully saturated rings. The molecule has 9 heteroatoms. The minimum Gasteiger partial charge on any atom is -0.466 e. The van der Waals surface area contributed by atoms with Crippen LogP contribution in [0.2, 0.25) is 0 Å². The molecule has 0 aromatic carbocycles. The molecule has 112 valence electrons. The number of carbonyl (C=O) groups excluding carboxylic acids is 3. The Morgan fingerprint density at radius 2 is 2.10 bits per heavy atom. The monoisotopic (exact) mass is 327 g/mol. The Kier molecular flexibility index (Phi) is 6.20. The Morgan fingerprint density at radius 3 is 2.62 bits per heavy atom. The van der Waals surface area contributed by atoms with Gasteiger partial charge in [0.25, 0.3) is 0 Å². The molecule has 0 saturated heterocycles. The van der Waals surface area contributed by atoms with Crippen molar-refractivity contribution in [2.24, 2.45) is 5.73 Å². The number of primary amides is 1. The summed E-state index contributed by atoms with van der Waals surface area (Å²) in [6.07, 6.45) is -0.441. The molecule has 1 heterocycles. The Labute approximate surface area is 129 Å². The second-order valence-corrected chi connectivity index (χ2v) is 6.04. The number of nitrogens with zero attached hydrogens (tertiary/aromatic N) is 1. The van der Waals surface area contributed by atoms with E-state index < -0.39 is 24.1 Å². The predicted molar refractivity (Wildman–Crippen MR) is 78.9 cm³/mol. The zero-order valence-corrected chi connectivity index (χ0v) is 12.8. The number of anilines is 1. The number of nitrogens with two attached hydrogens (primary N) is 2. The maximum absolute atomic E-state index is 12.0. The van der Waals surface area contributed by atoms with Gasteiger partial charge in [-0.3, -0.25) is 14.4 Å². The van der Waals surface area contributed by atoms with Gasteiger partial charge in [-0.15, -0.1) is 23.1 Å². The van der Waals surface area contributed by atoms with E-state index in [-0.39, 0.29) is 28.5 Å². The van der Waals surface area contributed by atoms with Gasteiger partial charge in [-0.25, -0.2) is 0 Å². The Morgan fingerprint density at radius 1 is 1.43 bits per heavy atom. The van der Waals surface area contributed by atoms with Crippen molar-refractivity contribution < 1.29 is 19.1 Å². The first-order chi connectivity index (χ1) is 9.90. The van der Waals surface area contributed by atoms with Crippen molar-refractivity contribution in [3.05, 3.63) is 10.4 Å². The highest BCUT2D eigenvalue weighted by molar-refractivity contribution is 8.01. The fraction of sp³-hybridized carbons (Fsp3) is 0.333. The summed E-state index contributed by atoms with van der Waals surface area (Å²) in [4.78, 5) is 34.2. The quantitative estimate of drug-likeness (QED) is 0.329. The minimum atomic E-state index is -0.653. The lowest BCUT2D eigenvalue weighted by Gasteiger charge is -2.00. The molecule has 0 radical (unpaired) electrons. The van der Waals surface area contributed by atoms with Crippen molar-refractivity contribution in [1.82, 2.24) is 0 Å². The largest absolute Gasteiger partial charge is 0.466 e. The van der Waals surface area contributed by atoms with Crippen LogP contribution < -0.4 is 11.5 Å². The van der Waals surface area contributed by atoms with Crippen molar-refractivity contribution >= 4 is 46.4 Å². The third-order valence-electron chi connectivity index (χ3n) is 2.23. The number of carbonyl (C=O) groups is 3. The Balaban J connectivity index is 2.98. The molecule has 21 heavy (non-hydrogen) atoms. The number of Topliss-reactive ketones (excluding diaryl/α,β-unsaturated/α-hetero) is 1. The molecule has 1 aromatic rings. The molecule has 0 bridgehead atoms. The SMILES string of the molecule is CCOC(=O)CC(=O)c1sc(SCC(N)=O)c(C#N)c1N. The molecule has 0 aliphatic heterocycles. The van der Waals surface area contributed by atoms with Crippen LogP contribution in [0.3, 0.4) is 0 Å². The first-order valence-electron chi connectivity index (χ1n) is 5.82. The van der Waals surface area contributed by atoms with E-state index in [1.54, 1.807) is 6.92 Å². The number of esters is 1. The highest BCUT2D eigenvalue weighted by atomic mass is 32.2. The van der Waals surface area contributed by atoms with E-state index >= 15 is 0 Å². The maximum Gasteiger partial charge on any atom is 0.313 e. The van der Waals surface area contributed by atoms with Gasteiger partial charge in [-0.1, -0.05) is 0 Å². The summed E-state index contributed by atoms with van der Waals surface area (Å²) in [5.41, 5.74) is 10.9. The summed E-state index contributed by atoms with van der Waals surface area (Å²) >= 11 is 2.01. The summed E-state index contributed by atoms with van der Waals surface area (Å²) in [5.74, 6) is -1.74. The molecular formula is C12H13N3O4S2. The molecule has 7 nitrogen and oxygen atoms in total. The number of rotatable bonds is 7. The van der Waals surface area contributed by atoms with Crippen molar-refractivity contribution in [3.8, 4) is 6.07 Å². The molecule has 1 amide bonds. The molecule has 4 N–H and O–H groups in total. The van der Waals surface area contributed by atoms with E-state index in [0.717, 1.165) is 23.1 Å². The van der Waals surface area contributed by atoms with E-state index in [2.05, 4.69) is 4.74 Å². The fourth-order valence-electron chi connectivity index (χ4n) is 1.40. The molecule has 0 spiro atoms. The lowest BCUT2D eigenvalue weighted by Crippen LogP contribution is -2.12. The van der Waals surface area contributed by atoms with Gasteiger partial charge in [0, 0.05) is 0 Å². The summed E-state index contributed by atoms with van der Waals surface area (Å²) in [7, 11) is 0. The van der Waals surface area contributed by atoms with E-state index in [4.69, 9.17) is 16.7 Å². The smallest absolute Gasteiger partial charge is 0.313 e. The zero-order valence-electron chi connectivity index (χ0n) is 11.2. The van der Waals surface area contributed by atoms with Crippen molar-refractivity contribution in [3.63, 3.8) is 0 Å². The lowest BCUT2D eigenvalue weighted by atomic mass is 10.2. The summed E-state index contributed by atoms with van der Waals surface area (Å²) in [6.45, 7) is 1.81. The van der Waals surface area contributed by atoms with Crippen LogP contribution in [-0.4, -0.2) is 30.0 Å². The topological polar surface area (TPSA) is 136 Å². The van der Waals surface area contributed by atoms with Gasteiger partial charge < -0.3 is 16.2 Å². The van der Waals surface area contributed by atoms with E-state index in [9.17, 15) is 14.4 Å². The van der Waals surface area contributed by atoms with Crippen LogP contribution in [0.4, 0.5) is 5.69 Å². The van der Waals surface area contributed by atoms with Crippen LogP contribution in [0.5, 0.6) is 0 Å². The number of thioether (sulfide) groups is 1. The number of ketones is 1. The van der Waals surface area contributed by atoms with Crippen LogP contribution in [0.15, 0.2) is 4.21 Å². The van der Waals surface area contributed by atoms with Crippen LogP contribution in [-0.2, 0) is 14.3 Å². The highest BCUT2D eigenvalue weighted by Gasteiger charge is 2.23. The molecule has 0 saturated carbocycles. The van der Waals surface area contributed by atoms with Gasteiger partial charge in [-0.2, -0.15) is 5.26 Å². The van der Waals surface area contributed by atoms with Gasteiger partial charge in [0.1, 0.15) is 18.1 Å². The first kappa shape index (κ1) is 17.0. The maximum atomic E-state index is 12.0. The number of hydrogen-bond acceptors (Lipinski definition) is 8. The number of nitriles is 1. The third kappa shape index (κ3) is 4.47. The Hall–Kier alpha value is -2.05. The first-order valence-corrected chi connectivity index (χ1v) is 7.63. The minimum absolute atomic E-state index is 0.0174. The van der Waals surface area contributed by atoms with Gasteiger partial charge >= 0.3 is 5.97 Å². The van der Waals surface area contributed by atoms with E-state index in [1.807, 2.05) is 6.07 Å². The molecule has 1 rings (SSSR count). The third-order valence-corrected chi connectivity index (χ3v) is 4.77.